The molecule has 1 rings (SSSR count). The van der Waals surface area contributed by atoms with Crippen molar-refractivity contribution in [3.8, 4) is 0 Å². The molecule has 0 aliphatic rings. The third-order valence-corrected chi connectivity index (χ3v) is 2.59. The highest BCUT2D eigenvalue weighted by Crippen LogP contribution is 2.16. The molecule has 5 heteroatoms. The van der Waals surface area contributed by atoms with Gasteiger partial charge in [0.25, 0.3) is 0 Å². The molecule has 0 aliphatic carbocycles. The number of hydrogen-bond donors (Lipinski definition) is 1. The van der Waals surface area contributed by atoms with Crippen LogP contribution in [0, 0.1) is 5.41 Å². The molecule has 0 radical (unpaired) electrons. The van der Waals surface area contributed by atoms with Crippen molar-refractivity contribution in [3.63, 3.8) is 0 Å². The highest BCUT2D eigenvalue weighted by atomic mass is 16.5. The minimum Gasteiger partial charge on any atom is -0.454 e. The molecule has 1 amide bonds. The molecule has 1 aromatic rings. The second kappa shape index (κ2) is 6.32. The van der Waals surface area contributed by atoms with Crippen LogP contribution < -0.4 is 5.32 Å². The number of anilines is 1. The van der Waals surface area contributed by atoms with Crippen LogP contribution in [0.1, 0.15) is 38.1 Å². The number of esters is 1. The van der Waals surface area contributed by atoms with E-state index in [2.05, 4.69) is 5.32 Å². The lowest BCUT2D eigenvalue weighted by atomic mass is 9.91. The molecule has 0 saturated carbocycles. The highest BCUT2D eigenvalue weighted by molar-refractivity contribution is 5.95. The van der Waals surface area contributed by atoms with E-state index < -0.39 is 11.4 Å². The van der Waals surface area contributed by atoms with Gasteiger partial charge in [-0.15, -0.1) is 0 Å². The van der Waals surface area contributed by atoms with Gasteiger partial charge in [0.2, 0.25) is 5.91 Å². The minimum atomic E-state index is -0.588. The molecule has 1 N–H and O–H groups in total. The van der Waals surface area contributed by atoms with Gasteiger partial charge in [-0.05, 0) is 18.2 Å². The van der Waals surface area contributed by atoms with Gasteiger partial charge in [0, 0.05) is 18.0 Å². The molecule has 0 fully saturated rings. The average Bonchev–Trinajstić information content (AvgIpc) is 2.33. The molecule has 0 bridgehead atoms. The van der Waals surface area contributed by atoms with E-state index in [9.17, 15) is 14.4 Å². The molecule has 0 saturated heterocycles. The third-order valence-electron chi connectivity index (χ3n) is 2.59. The molecule has 0 aliphatic heterocycles. The van der Waals surface area contributed by atoms with Crippen molar-refractivity contribution in [2.75, 3.05) is 11.9 Å². The second-order valence-corrected chi connectivity index (χ2v) is 5.51. The van der Waals surface area contributed by atoms with E-state index in [4.69, 9.17) is 4.74 Å². The molecule has 0 unspecified atom stereocenters. The minimum absolute atomic E-state index is 0.149. The fraction of sp³-hybridized carbons (Fsp3) is 0.400. The zero-order valence-corrected chi connectivity index (χ0v) is 12.1. The number of Topliss-reactive ketones (excluding diaryl/α,β-unsaturated/α-hetero) is 1. The predicted molar refractivity (Wildman–Crippen MR) is 75.5 cm³/mol. The smallest absolute Gasteiger partial charge is 0.338 e. The second-order valence-electron chi connectivity index (χ2n) is 5.51. The molecule has 5 nitrogen and oxygen atoms in total. The standard InChI is InChI=1S/C15H19NO4/c1-10(17)16-12-7-5-6-11(8-12)14(19)20-9-13(18)15(2,3)4/h5-8H,9H2,1-4H3,(H,16,17). The maximum absolute atomic E-state index is 11.8. The highest BCUT2D eigenvalue weighted by Gasteiger charge is 2.22. The van der Waals surface area contributed by atoms with Gasteiger partial charge >= 0.3 is 5.97 Å². The van der Waals surface area contributed by atoms with Gasteiger partial charge in [-0.2, -0.15) is 0 Å². The van der Waals surface area contributed by atoms with Crippen LogP contribution in [0.5, 0.6) is 0 Å². The number of rotatable bonds is 4. The Morgan fingerprint density at radius 2 is 1.85 bits per heavy atom. The van der Waals surface area contributed by atoms with Crippen molar-refractivity contribution >= 4 is 23.3 Å². The van der Waals surface area contributed by atoms with Crippen molar-refractivity contribution in [1.29, 1.82) is 0 Å². The van der Waals surface area contributed by atoms with E-state index in [1.165, 1.54) is 13.0 Å². The van der Waals surface area contributed by atoms with E-state index >= 15 is 0 Å². The van der Waals surface area contributed by atoms with Gasteiger partial charge in [0.15, 0.2) is 12.4 Å². The number of hydrogen-bond acceptors (Lipinski definition) is 4. The Bertz CT molecular complexity index is 529. The van der Waals surface area contributed by atoms with Crippen LogP contribution in [0.15, 0.2) is 24.3 Å². The molecule has 0 aromatic heterocycles. The number of ketones is 1. The first-order chi connectivity index (χ1) is 9.20. The lowest BCUT2D eigenvalue weighted by Crippen LogP contribution is -2.26. The van der Waals surface area contributed by atoms with Crippen LogP contribution in [0.4, 0.5) is 5.69 Å². The fourth-order valence-corrected chi connectivity index (χ4v) is 1.36. The van der Waals surface area contributed by atoms with Gasteiger partial charge in [0.1, 0.15) is 0 Å². The summed E-state index contributed by atoms with van der Waals surface area (Å²) in [5, 5.41) is 2.58. The van der Waals surface area contributed by atoms with E-state index in [-0.39, 0.29) is 23.9 Å². The van der Waals surface area contributed by atoms with E-state index in [0.29, 0.717) is 5.69 Å². The SMILES string of the molecule is CC(=O)Nc1cccc(C(=O)OCC(=O)C(C)(C)C)c1. The summed E-state index contributed by atoms with van der Waals surface area (Å²) in [5.41, 5.74) is 0.255. The Labute approximate surface area is 118 Å². The third kappa shape index (κ3) is 4.84. The number of ether oxygens (including phenoxy) is 1. The summed E-state index contributed by atoms with van der Waals surface area (Å²) in [6.45, 7) is 6.42. The number of amides is 1. The maximum Gasteiger partial charge on any atom is 0.338 e. The van der Waals surface area contributed by atoms with Crippen LogP contribution in [-0.4, -0.2) is 24.3 Å². The Morgan fingerprint density at radius 1 is 1.20 bits per heavy atom. The van der Waals surface area contributed by atoms with Gasteiger partial charge < -0.3 is 10.1 Å². The maximum atomic E-state index is 11.8. The van der Waals surface area contributed by atoms with E-state index in [1.807, 2.05) is 0 Å². The molecule has 108 valence electrons. The largest absolute Gasteiger partial charge is 0.454 e. The molecular weight excluding hydrogens is 258 g/mol. The van der Waals surface area contributed by atoms with Crippen LogP contribution >= 0.6 is 0 Å². The van der Waals surface area contributed by atoms with Crippen molar-refractivity contribution in [3.05, 3.63) is 29.8 Å². The number of benzene rings is 1. The predicted octanol–water partition coefficient (Wildman–Crippen LogP) is 2.42. The Hall–Kier alpha value is -2.17. The number of carbonyl (C=O) groups excluding carboxylic acids is 3. The van der Waals surface area contributed by atoms with Crippen LogP contribution in [0.25, 0.3) is 0 Å². The lowest BCUT2D eigenvalue weighted by Gasteiger charge is -2.16. The average molecular weight is 277 g/mol. The monoisotopic (exact) mass is 277 g/mol. The summed E-state index contributed by atoms with van der Waals surface area (Å²) in [6, 6.07) is 6.37. The van der Waals surface area contributed by atoms with Crippen LogP contribution in [0.3, 0.4) is 0 Å². The molecule has 0 atom stereocenters. The van der Waals surface area contributed by atoms with Crippen molar-refractivity contribution in [1.82, 2.24) is 0 Å². The van der Waals surface area contributed by atoms with Crippen molar-refractivity contribution in [2.24, 2.45) is 5.41 Å². The fourth-order valence-electron chi connectivity index (χ4n) is 1.36. The first kappa shape index (κ1) is 15.9. The first-order valence-electron chi connectivity index (χ1n) is 6.28. The quantitative estimate of drug-likeness (QED) is 0.858. The number of carbonyl (C=O) groups is 3. The zero-order chi connectivity index (χ0) is 15.3. The normalized spacial score (nSPS) is 10.8. The van der Waals surface area contributed by atoms with E-state index in [1.54, 1.807) is 39.0 Å². The summed E-state index contributed by atoms with van der Waals surface area (Å²) >= 11 is 0. The van der Waals surface area contributed by atoms with Crippen LogP contribution in [-0.2, 0) is 14.3 Å². The van der Waals surface area contributed by atoms with Crippen molar-refractivity contribution < 1.29 is 19.1 Å². The van der Waals surface area contributed by atoms with Gasteiger partial charge in [-0.3, -0.25) is 9.59 Å². The topological polar surface area (TPSA) is 72.5 Å². The van der Waals surface area contributed by atoms with Crippen LogP contribution in [0.2, 0.25) is 0 Å². The molecule has 0 heterocycles. The summed E-state index contributed by atoms with van der Waals surface area (Å²) in [6.07, 6.45) is 0. The zero-order valence-electron chi connectivity index (χ0n) is 12.1. The number of nitrogens with one attached hydrogen (secondary N) is 1. The summed E-state index contributed by atoms with van der Waals surface area (Å²) in [5.74, 6) is -0.961. The van der Waals surface area contributed by atoms with E-state index in [0.717, 1.165) is 0 Å². The first-order valence-corrected chi connectivity index (χ1v) is 6.28. The van der Waals surface area contributed by atoms with Gasteiger partial charge in [-0.1, -0.05) is 26.8 Å². The summed E-state index contributed by atoms with van der Waals surface area (Å²) in [4.78, 5) is 34.5. The summed E-state index contributed by atoms with van der Waals surface area (Å²) < 4.78 is 4.98. The Kier molecular flexibility index (Phi) is 5.02. The summed E-state index contributed by atoms with van der Waals surface area (Å²) in [7, 11) is 0. The molecular formula is C15H19NO4. The Balaban J connectivity index is 2.68. The lowest BCUT2D eigenvalue weighted by molar-refractivity contribution is -0.129. The van der Waals surface area contributed by atoms with Gasteiger partial charge in [0.05, 0.1) is 5.56 Å². The van der Waals surface area contributed by atoms with Crippen molar-refractivity contribution in [2.45, 2.75) is 27.7 Å². The molecule has 0 spiro atoms. The van der Waals surface area contributed by atoms with Gasteiger partial charge in [-0.25, -0.2) is 4.79 Å². The molecule has 1 aromatic carbocycles. The Morgan fingerprint density at radius 3 is 2.40 bits per heavy atom. The molecule has 20 heavy (non-hydrogen) atoms.